The predicted molar refractivity (Wildman–Crippen MR) is 116 cm³/mol. The molecular weight excluding hydrogens is 390 g/mol. The highest BCUT2D eigenvalue weighted by atomic mass is 16.2. The first kappa shape index (κ1) is 19.5. The molecule has 2 aliphatic heterocycles. The van der Waals surface area contributed by atoms with Crippen LogP contribution in [0.3, 0.4) is 0 Å². The number of amides is 2. The number of aromatic nitrogens is 3. The lowest BCUT2D eigenvalue weighted by Gasteiger charge is -2.36. The Balaban J connectivity index is 1.26. The molecule has 0 saturated carbocycles. The van der Waals surface area contributed by atoms with Crippen molar-refractivity contribution >= 4 is 11.8 Å². The van der Waals surface area contributed by atoms with Crippen molar-refractivity contribution in [1.29, 1.82) is 0 Å². The van der Waals surface area contributed by atoms with E-state index in [0.29, 0.717) is 31.0 Å². The average Bonchev–Trinajstić information content (AvgIpc) is 3.34. The van der Waals surface area contributed by atoms with Crippen LogP contribution in [0.4, 0.5) is 0 Å². The summed E-state index contributed by atoms with van der Waals surface area (Å²) in [6, 6.07) is 13.8. The highest BCUT2D eigenvalue weighted by Crippen LogP contribution is 2.25. The number of aromatic amines is 1. The van der Waals surface area contributed by atoms with E-state index in [9.17, 15) is 9.59 Å². The molecule has 1 N–H and O–H groups in total. The fourth-order valence-corrected chi connectivity index (χ4v) is 4.58. The van der Waals surface area contributed by atoms with Crippen molar-refractivity contribution in [2.45, 2.75) is 25.8 Å². The maximum Gasteiger partial charge on any atom is 0.271 e. The number of nitrogens with zero attached hydrogens (tertiary/aromatic N) is 4. The number of carbonyl (C=O) groups is 2. The molecule has 1 fully saturated rings. The Bertz CT molecular complexity index is 1090. The van der Waals surface area contributed by atoms with E-state index in [2.05, 4.69) is 33.4 Å². The SMILES string of the molecule is O=C(c1cc(-c2ccncc2)n[nH]1)N1CCC[C@@H](C(=O)N2CCc3ccccc3C2)C1. The van der Waals surface area contributed by atoms with Crippen LogP contribution in [0.2, 0.25) is 0 Å². The van der Waals surface area contributed by atoms with Gasteiger partial charge in [0, 0.05) is 44.1 Å². The van der Waals surface area contributed by atoms with Crippen molar-refractivity contribution in [3.8, 4) is 11.3 Å². The largest absolute Gasteiger partial charge is 0.338 e. The van der Waals surface area contributed by atoms with E-state index in [0.717, 1.165) is 31.4 Å². The van der Waals surface area contributed by atoms with Gasteiger partial charge in [-0.05, 0) is 48.6 Å². The van der Waals surface area contributed by atoms with Crippen LogP contribution in [-0.2, 0) is 17.8 Å². The normalized spacial score (nSPS) is 18.5. The molecule has 2 aromatic heterocycles. The molecule has 0 spiro atoms. The van der Waals surface area contributed by atoms with Crippen molar-refractivity contribution in [3.63, 3.8) is 0 Å². The molecule has 4 heterocycles. The van der Waals surface area contributed by atoms with Crippen LogP contribution in [0.25, 0.3) is 11.3 Å². The summed E-state index contributed by atoms with van der Waals surface area (Å²) in [7, 11) is 0. The highest BCUT2D eigenvalue weighted by Gasteiger charge is 2.33. The van der Waals surface area contributed by atoms with Gasteiger partial charge in [0.2, 0.25) is 5.91 Å². The maximum absolute atomic E-state index is 13.2. The molecule has 7 nitrogen and oxygen atoms in total. The average molecular weight is 415 g/mol. The molecule has 1 atom stereocenters. The van der Waals surface area contributed by atoms with Gasteiger partial charge in [0.05, 0.1) is 11.6 Å². The Kier molecular flexibility index (Phi) is 5.24. The van der Waals surface area contributed by atoms with Crippen molar-refractivity contribution in [1.82, 2.24) is 25.0 Å². The number of piperidine rings is 1. The summed E-state index contributed by atoms with van der Waals surface area (Å²) >= 11 is 0. The number of H-pyrrole nitrogens is 1. The summed E-state index contributed by atoms with van der Waals surface area (Å²) in [5, 5.41) is 7.14. The first-order valence-corrected chi connectivity index (χ1v) is 10.8. The van der Waals surface area contributed by atoms with E-state index < -0.39 is 0 Å². The smallest absolute Gasteiger partial charge is 0.271 e. The predicted octanol–water partition coefficient (Wildman–Crippen LogP) is 2.91. The Morgan fingerprint density at radius 1 is 1.00 bits per heavy atom. The fourth-order valence-electron chi connectivity index (χ4n) is 4.58. The van der Waals surface area contributed by atoms with Gasteiger partial charge in [0.15, 0.2) is 0 Å². The number of hydrogen-bond acceptors (Lipinski definition) is 4. The molecular formula is C24H25N5O2. The van der Waals surface area contributed by atoms with Crippen LogP contribution in [0.15, 0.2) is 54.9 Å². The topological polar surface area (TPSA) is 82.2 Å². The maximum atomic E-state index is 13.2. The lowest BCUT2D eigenvalue weighted by molar-refractivity contribution is -0.137. The van der Waals surface area contributed by atoms with Crippen molar-refractivity contribution in [2.24, 2.45) is 5.92 Å². The molecule has 158 valence electrons. The van der Waals surface area contributed by atoms with Crippen LogP contribution >= 0.6 is 0 Å². The lowest BCUT2D eigenvalue weighted by Crippen LogP contribution is -2.47. The Hall–Kier alpha value is -3.48. The molecule has 2 amide bonds. The monoisotopic (exact) mass is 415 g/mol. The Morgan fingerprint density at radius 2 is 1.81 bits per heavy atom. The van der Waals surface area contributed by atoms with Crippen molar-refractivity contribution in [2.75, 3.05) is 19.6 Å². The van der Waals surface area contributed by atoms with Crippen molar-refractivity contribution < 1.29 is 9.59 Å². The molecule has 2 aliphatic rings. The van der Waals surface area contributed by atoms with E-state index in [1.807, 2.05) is 23.1 Å². The van der Waals surface area contributed by atoms with Gasteiger partial charge in [-0.2, -0.15) is 5.10 Å². The number of likely N-dealkylation sites (tertiary alicyclic amines) is 1. The fraction of sp³-hybridized carbons (Fsp3) is 0.333. The van der Waals surface area contributed by atoms with Crippen LogP contribution in [-0.4, -0.2) is 56.4 Å². The van der Waals surface area contributed by atoms with Crippen LogP contribution in [0, 0.1) is 5.92 Å². The molecule has 0 radical (unpaired) electrons. The summed E-state index contributed by atoms with van der Waals surface area (Å²) in [6.07, 6.45) is 5.95. The number of fused-ring (bicyclic) bond motifs is 1. The summed E-state index contributed by atoms with van der Waals surface area (Å²) in [5.41, 5.74) is 4.62. The zero-order valence-electron chi connectivity index (χ0n) is 17.3. The molecule has 0 aliphatic carbocycles. The molecule has 31 heavy (non-hydrogen) atoms. The third-order valence-electron chi connectivity index (χ3n) is 6.28. The van der Waals surface area contributed by atoms with Gasteiger partial charge in [-0.1, -0.05) is 24.3 Å². The van der Waals surface area contributed by atoms with Gasteiger partial charge in [-0.3, -0.25) is 19.7 Å². The van der Waals surface area contributed by atoms with Gasteiger partial charge < -0.3 is 9.80 Å². The third kappa shape index (κ3) is 3.95. The molecule has 5 rings (SSSR count). The van der Waals surface area contributed by atoms with Crippen molar-refractivity contribution in [3.05, 3.63) is 71.7 Å². The number of pyridine rings is 1. The van der Waals surface area contributed by atoms with E-state index in [1.54, 1.807) is 23.4 Å². The lowest BCUT2D eigenvalue weighted by atomic mass is 9.93. The second kappa shape index (κ2) is 8.34. The first-order chi connectivity index (χ1) is 15.2. The number of hydrogen-bond donors (Lipinski definition) is 1. The zero-order valence-corrected chi connectivity index (χ0v) is 17.3. The van der Waals surface area contributed by atoms with Crippen LogP contribution < -0.4 is 0 Å². The zero-order chi connectivity index (χ0) is 21.2. The Morgan fingerprint density at radius 3 is 2.65 bits per heavy atom. The molecule has 1 aromatic carbocycles. The van der Waals surface area contributed by atoms with E-state index in [1.165, 1.54) is 11.1 Å². The van der Waals surface area contributed by atoms with Gasteiger partial charge >= 0.3 is 0 Å². The van der Waals surface area contributed by atoms with Gasteiger partial charge in [0.1, 0.15) is 5.69 Å². The Labute approximate surface area is 181 Å². The number of carbonyl (C=O) groups excluding carboxylic acids is 2. The number of rotatable bonds is 3. The molecule has 0 bridgehead atoms. The summed E-state index contributed by atoms with van der Waals surface area (Å²) in [5.74, 6) is -0.0889. The van der Waals surface area contributed by atoms with E-state index in [-0.39, 0.29) is 17.7 Å². The molecule has 7 heteroatoms. The standard InChI is InChI=1S/C24H25N5O2/c30-23(29-13-9-17-4-1-2-5-19(17)15-29)20-6-3-12-28(16-20)24(31)22-14-21(26-27-22)18-7-10-25-11-8-18/h1-2,4-5,7-8,10-11,14,20H,3,6,9,12-13,15-16H2,(H,26,27)/t20-/m1/s1. The molecule has 3 aromatic rings. The quantitative estimate of drug-likeness (QED) is 0.713. The van der Waals surface area contributed by atoms with Gasteiger partial charge in [-0.15, -0.1) is 0 Å². The molecule has 0 unspecified atom stereocenters. The van der Waals surface area contributed by atoms with Gasteiger partial charge in [-0.25, -0.2) is 0 Å². The highest BCUT2D eigenvalue weighted by molar-refractivity contribution is 5.94. The number of benzene rings is 1. The summed E-state index contributed by atoms with van der Waals surface area (Å²) < 4.78 is 0. The van der Waals surface area contributed by atoms with Gasteiger partial charge in [0.25, 0.3) is 5.91 Å². The first-order valence-electron chi connectivity index (χ1n) is 10.8. The third-order valence-corrected chi connectivity index (χ3v) is 6.28. The second-order valence-electron chi connectivity index (χ2n) is 8.27. The minimum atomic E-state index is -0.148. The van der Waals surface area contributed by atoms with Crippen LogP contribution in [0.5, 0.6) is 0 Å². The summed E-state index contributed by atoms with van der Waals surface area (Å²) in [4.78, 5) is 34.0. The summed E-state index contributed by atoms with van der Waals surface area (Å²) in [6.45, 7) is 2.53. The van der Waals surface area contributed by atoms with Crippen LogP contribution in [0.1, 0.15) is 34.5 Å². The molecule has 1 saturated heterocycles. The number of nitrogens with one attached hydrogen (secondary N) is 1. The van der Waals surface area contributed by atoms with E-state index >= 15 is 0 Å². The second-order valence-corrected chi connectivity index (χ2v) is 8.27. The minimum Gasteiger partial charge on any atom is -0.338 e. The minimum absolute atomic E-state index is 0.103. The van der Waals surface area contributed by atoms with E-state index in [4.69, 9.17) is 0 Å².